The van der Waals surface area contributed by atoms with E-state index < -0.39 is 28.7 Å². The molecule has 138 valence electrons. The van der Waals surface area contributed by atoms with E-state index in [1.807, 2.05) is 0 Å². The number of amides is 1. The molecule has 26 heavy (non-hydrogen) atoms. The maximum atomic E-state index is 14.1. The van der Waals surface area contributed by atoms with Crippen LogP contribution in [0.2, 0.25) is 0 Å². The van der Waals surface area contributed by atoms with Crippen molar-refractivity contribution in [3.8, 4) is 0 Å². The highest BCUT2D eigenvalue weighted by atomic mass is 32.2. The van der Waals surface area contributed by atoms with E-state index in [1.165, 1.54) is 17.6 Å². The third kappa shape index (κ3) is 4.97. The van der Waals surface area contributed by atoms with Crippen LogP contribution in [0.4, 0.5) is 15.1 Å². The molecule has 10 nitrogen and oxygen atoms in total. The van der Waals surface area contributed by atoms with Gasteiger partial charge in [-0.25, -0.2) is 23.4 Å². The highest BCUT2D eigenvalue weighted by molar-refractivity contribution is 7.86. The number of nitrogens with zero attached hydrogens (tertiary/aromatic N) is 2. The molecule has 2 aromatic rings. The molecule has 0 saturated heterocycles. The minimum atomic E-state index is -1.93. The standard InChI is InChI=1S/C13H13FN6O4S2/c14-7-3-6(1-2-8(7)19-9(21)4-17-13(15)16)26(24)20-11-10(12(22)23)18-5-25-11/h1-3,5,20H,4H2,(H,19,21)(H,22,23)(H4,15,16,17). The van der Waals surface area contributed by atoms with E-state index in [-0.39, 0.29) is 33.8 Å². The molecule has 2 rings (SSSR count). The highest BCUT2D eigenvalue weighted by Crippen LogP contribution is 2.24. The number of aliphatic imine (C=N–C) groups is 1. The Balaban J connectivity index is 2.09. The second-order valence-corrected chi connectivity index (χ2v) is 6.70. The van der Waals surface area contributed by atoms with Gasteiger partial charge in [-0.15, -0.1) is 11.3 Å². The largest absolute Gasteiger partial charge is 0.476 e. The SMILES string of the molecule is NC(N)=NCC(=O)Nc1ccc(S(=O)Nc2scnc2C(=O)O)cc1F. The van der Waals surface area contributed by atoms with Crippen molar-refractivity contribution < 1.29 is 23.3 Å². The van der Waals surface area contributed by atoms with Gasteiger partial charge in [0.2, 0.25) is 5.91 Å². The molecule has 0 spiro atoms. The molecule has 0 bridgehead atoms. The van der Waals surface area contributed by atoms with Crippen LogP contribution in [0.3, 0.4) is 0 Å². The number of thiazole rings is 1. The summed E-state index contributed by atoms with van der Waals surface area (Å²) in [6.07, 6.45) is 0. The van der Waals surface area contributed by atoms with E-state index >= 15 is 0 Å². The summed E-state index contributed by atoms with van der Waals surface area (Å²) >= 11 is 0.945. The molecule has 0 aliphatic carbocycles. The first-order valence-corrected chi connectivity index (χ1v) is 8.81. The van der Waals surface area contributed by atoms with Crippen LogP contribution in [0.25, 0.3) is 0 Å². The van der Waals surface area contributed by atoms with E-state index in [9.17, 15) is 18.2 Å². The Morgan fingerprint density at radius 1 is 1.38 bits per heavy atom. The van der Waals surface area contributed by atoms with Crippen molar-refractivity contribution in [2.45, 2.75) is 4.90 Å². The molecule has 1 aromatic heterocycles. The number of halogens is 1. The first-order chi connectivity index (χ1) is 12.3. The molecule has 1 heterocycles. The Kier molecular flexibility index (Phi) is 6.19. The Morgan fingerprint density at radius 2 is 2.12 bits per heavy atom. The van der Waals surface area contributed by atoms with Gasteiger partial charge in [0.25, 0.3) is 0 Å². The maximum absolute atomic E-state index is 14.1. The monoisotopic (exact) mass is 400 g/mol. The Labute approximate surface area is 152 Å². The van der Waals surface area contributed by atoms with Gasteiger partial charge in [-0.3, -0.25) is 9.52 Å². The number of carboxylic acids is 1. The van der Waals surface area contributed by atoms with Gasteiger partial charge in [-0.05, 0) is 18.2 Å². The van der Waals surface area contributed by atoms with Crippen molar-refractivity contribution in [1.29, 1.82) is 0 Å². The number of anilines is 2. The summed E-state index contributed by atoms with van der Waals surface area (Å²) in [5.41, 5.74) is 11.0. The smallest absolute Gasteiger partial charge is 0.357 e. The number of carbonyl (C=O) groups excluding carboxylic acids is 1. The lowest BCUT2D eigenvalue weighted by molar-refractivity contribution is -0.114. The summed E-state index contributed by atoms with van der Waals surface area (Å²) in [6.45, 7) is -0.375. The van der Waals surface area contributed by atoms with Gasteiger partial charge in [-0.2, -0.15) is 0 Å². The number of nitrogens with two attached hydrogens (primary N) is 2. The summed E-state index contributed by atoms with van der Waals surface area (Å²) in [5, 5.41) is 11.3. The molecule has 0 aliphatic rings. The summed E-state index contributed by atoms with van der Waals surface area (Å²) in [7, 11) is -1.93. The lowest BCUT2D eigenvalue weighted by Gasteiger charge is -2.08. The van der Waals surface area contributed by atoms with Gasteiger partial charge >= 0.3 is 5.97 Å². The van der Waals surface area contributed by atoms with Crippen LogP contribution in [0.5, 0.6) is 0 Å². The molecule has 7 N–H and O–H groups in total. The normalized spacial score (nSPS) is 11.4. The van der Waals surface area contributed by atoms with E-state index in [0.29, 0.717) is 0 Å². The maximum Gasteiger partial charge on any atom is 0.357 e. The molecule has 0 radical (unpaired) electrons. The number of hydrogen-bond acceptors (Lipinski definition) is 6. The zero-order valence-electron chi connectivity index (χ0n) is 12.9. The molecule has 0 fully saturated rings. The Bertz CT molecular complexity index is 897. The van der Waals surface area contributed by atoms with Crippen LogP contribution >= 0.6 is 11.3 Å². The van der Waals surface area contributed by atoms with Crippen LogP contribution < -0.4 is 21.5 Å². The van der Waals surface area contributed by atoms with E-state index in [0.717, 1.165) is 17.4 Å². The molecule has 13 heteroatoms. The van der Waals surface area contributed by atoms with Crippen LogP contribution in [0.1, 0.15) is 10.5 Å². The van der Waals surface area contributed by atoms with Crippen LogP contribution in [-0.2, 0) is 15.8 Å². The molecule has 1 aromatic carbocycles. The number of aromatic carboxylic acids is 1. The average Bonchev–Trinajstić information content (AvgIpc) is 3.03. The first-order valence-electron chi connectivity index (χ1n) is 6.78. The molecular formula is C13H13FN6O4S2. The lowest BCUT2D eigenvalue weighted by atomic mass is 10.3. The fourth-order valence-electron chi connectivity index (χ4n) is 1.68. The van der Waals surface area contributed by atoms with Crippen molar-refractivity contribution in [2.24, 2.45) is 16.5 Å². The van der Waals surface area contributed by atoms with Crippen LogP contribution in [-0.4, -0.2) is 38.7 Å². The predicted molar refractivity (Wildman–Crippen MR) is 94.8 cm³/mol. The Morgan fingerprint density at radius 3 is 2.73 bits per heavy atom. The van der Waals surface area contributed by atoms with Crippen molar-refractivity contribution >= 4 is 50.8 Å². The quantitative estimate of drug-likeness (QED) is 0.329. The number of benzene rings is 1. The fraction of sp³-hybridized carbons (Fsp3) is 0.0769. The van der Waals surface area contributed by atoms with E-state index in [1.54, 1.807) is 0 Å². The summed E-state index contributed by atoms with van der Waals surface area (Å²) in [6, 6.07) is 3.47. The fourth-order valence-corrected chi connectivity index (χ4v) is 3.40. The van der Waals surface area contributed by atoms with Gasteiger partial charge < -0.3 is 21.9 Å². The minimum Gasteiger partial charge on any atom is -0.476 e. The second-order valence-electron chi connectivity index (χ2n) is 4.64. The number of carboxylic acid groups (broad SMARTS) is 1. The zero-order chi connectivity index (χ0) is 19.3. The molecule has 1 unspecified atom stereocenters. The van der Waals surface area contributed by atoms with Crippen molar-refractivity contribution in [1.82, 2.24) is 4.98 Å². The van der Waals surface area contributed by atoms with Crippen molar-refractivity contribution in [2.75, 3.05) is 16.6 Å². The summed E-state index contributed by atoms with van der Waals surface area (Å²) in [4.78, 5) is 29.7. The van der Waals surface area contributed by atoms with Gasteiger partial charge in [0.15, 0.2) is 22.6 Å². The van der Waals surface area contributed by atoms with Crippen molar-refractivity contribution in [3.05, 3.63) is 35.2 Å². The topological polar surface area (TPSA) is 173 Å². The van der Waals surface area contributed by atoms with Crippen LogP contribution in [0.15, 0.2) is 33.6 Å². The number of aromatic nitrogens is 1. The number of nitrogens with one attached hydrogen (secondary N) is 2. The third-order valence-corrected chi connectivity index (χ3v) is 4.73. The lowest BCUT2D eigenvalue weighted by Crippen LogP contribution is -2.25. The molecular weight excluding hydrogens is 387 g/mol. The summed E-state index contributed by atoms with van der Waals surface area (Å²) in [5.74, 6) is -3.03. The average molecular weight is 400 g/mol. The number of carbonyl (C=O) groups is 2. The zero-order valence-corrected chi connectivity index (χ0v) is 14.6. The molecule has 0 saturated carbocycles. The minimum absolute atomic E-state index is 0.0365. The number of guanidine groups is 1. The molecule has 1 atom stereocenters. The van der Waals surface area contributed by atoms with Gasteiger partial charge in [-0.1, -0.05) is 0 Å². The van der Waals surface area contributed by atoms with Crippen molar-refractivity contribution in [3.63, 3.8) is 0 Å². The highest BCUT2D eigenvalue weighted by Gasteiger charge is 2.17. The third-order valence-electron chi connectivity index (χ3n) is 2.79. The first kappa shape index (κ1) is 19.3. The van der Waals surface area contributed by atoms with Crippen LogP contribution in [0, 0.1) is 5.82 Å². The van der Waals surface area contributed by atoms with Gasteiger partial charge in [0, 0.05) is 0 Å². The van der Waals surface area contributed by atoms with E-state index in [4.69, 9.17) is 16.6 Å². The molecule has 1 amide bonds. The number of hydrogen-bond donors (Lipinski definition) is 5. The second kappa shape index (κ2) is 8.35. The van der Waals surface area contributed by atoms with Gasteiger partial charge in [0.1, 0.15) is 17.4 Å². The predicted octanol–water partition coefficient (Wildman–Crippen LogP) is 0.327. The summed E-state index contributed by atoms with van der Waals surface area (Å²) < 4.78 is 28.8. The van der Waals surface area contributed by atoms with Gasteiger partial charge in [0.05, 0.1) is 16.1 Å². The van der Waals surface area contributed by atoms with E-state index in [2.05, 4.69) is 20.0 Å². The molecule has 0 aliphatic heterocycles. The number of rotatable bonds is 7. The Hall–Kier alpha value is -3.06.